The molecule has 0 aromatic heterocycles. The predicted octanol–water partition coefficient (Wildman–Crippen LogP) is 5.62. The molecule has 3 unspecified atom stereocenters. The van der Waals surface area contributed by atoms with Crippen molar-refractivity contribution in [1.29, 1.82) is 0 Å². The van der Waals surface area contributed by atoms with Gasteiger partial charge in [0.05, 0.1) is 0 Å². The van der Waals surface area contributed by atoms with Crippen molar-refractivity contribution in [1.82, 2.24) is 0 Å². The van der Waals surface area contributed by atoms with Gasteiger partial charge in [0, 0.05) is 17.5 Å². The highest BCUT2D eigenvalue weighted by Crippen LogP contribution is 2.44. The van der Waals surface area contributed by atoms with Crippen molar-refractivity contribution in [3.05, 3.63) is 84.7 Å². The lowest BCUT2D eigenvalue weighted by Crippen LogP contribution is -2.23. The fraction of sp³-hybridized carbons (Fsp3) is 0.364. The van der Waals surface area contributed by atoms with Gasteiger partial charge in [-0.15, -0.1) is 6.58 Å². The molecule has 0 aromatic rings. The van der Waals surface area contributed by atoms with Crippen LogP contribution in [0, 0.1) is 17.8 Å². The van der Waals surface area contributed by atoms with Crippen LogP contribution in [0.2, 0.25) is 0 Å². The summed E-state index contributed by atoms with van der Waals surface area (Å²) in [6, 6.07) is 0. The van der Waals surface area contributed by atoms with Gasteiger partial charge in [0.15, 0.2) is 0 Å². The summed E-state index contributed by atoms with van der Waals surface area (Å²) >= 11 is 0. The van der Waals surface area contributed by atoms with Crippen LogP contribution < -0.4 is 5.73 Å². The molecule has 3 atom stereocenters. The molecule has 1 heteroatoms. The summed E-state index contributed by atoms with van der Waals surface area (Å²) in [5.41, 5.74) is 10.7. The van der Waals surface area contributed by atoms with Gasteiger partial charge in [-0.05, 0) is 55.2 Å². The molecule has 0 aliphatic heterocycles. The Bertz CT molecular complexity index is 597. The van der Waals surface area contributed by atoms with Crippen molar-refractivity contribution in [2.75, 3.05) is 0 Å². The van der Waals surface area contributed by atoms with Gasteiger partial charge in [-0.2, -0.15) is 0 Å². The standard InChI is InChI=1S/C22H29N/c1-5-9-18-14-15-21-19(11-8-10-16(4)23)13-12-17(6-2)22(21)20(18)7-3/h5-7,9,12,14-15,18-20H,2-4,8,10-11,13,23H2,1H3/b9-5-. The van der Waals surface area contributed by atoms with Crippen LogP contribution in [0.1, 0.15) is 32.6 Å². The van der Waals surface area contributed by atoms with E-state index < -0.39 is 0 Å². The molecule has 2 aliphatic carbocycles. The van der Waals surface area contributed by atoms with E-state index in [0.717, 1.165) is 31.4 Å². The second-order valence-corrected chi connectivity index (χ2v) is 6.44. The molecule has 2 aliphatic rings. The van der Waals surface area contributed by atoms with E-state index in [0.29, 0.717) is 17.8 Å². The highest BCUT2D eigenvalue weighted by atomic mass is 14.6. The van der Waals surface area contributed by atoms with Crippen molar-refractivity contribution < 1.29 is 0 Å². The first-order chi connectivity index (χ1) is 11.1. The van der Waals surface area contributed by atoms with Crippen molar-refractivity contribution in [2.45, 2.75) is 32.6 Å². The molecule has 0 amide bonds. The Morgan fingerprint density at radius 3 is 2.78 bits per heavy atom. The van der Waals surface area contributed by atoms with Crippen LogP contribution in [-0.2, 0) is 0 Å². The van der Waals surface area contributed by atoms with Gasteiger partial charge >= 0.3 is 0 Å². The van der Waals surface area contributed by atoms with Crippen molar-refractivity contribution >= 4 is 0 Å². The summed E-state index contributed by atoms with van der Waals surface area (Å²) in [6.07, 6.45) is 19.7. The maximum atomic E-state index is 5.71. The zero-order valence-electron chi connectivity index (χ0n) is 14.3. The minimum absolute atomic E-state index is 0.336. The monoisotopic (exact) mass is 307 g/mol. The molecule has 23 heavy (non-hydrogen) atoms. The fourth-order valence-electron chi connectivity index (χ4n) is 3.75. The van der Waals surface area contributed by atoms with Crippen LogP contribution in [0.15, 0.2) is 84.7 Å². The molecule has 1 nitrogen and oxygen atoms in total. The quantitative estimate of drug-likeness (QED) is 0.607. The van der Waals surface area contributed by atoms with Crippen LogP contribution in [0.4, 0.5) is 0 Å². The van der Waals surface area contributed by atoms with E-state index in [2.05, 4.69) is 63.1 Å². The normalized spacial score (nSPS) is 26.8. The predicted molar refractivity (Wildman–Crippen MR) is 102 cm³/mol. The minimum atomic E-state index is 0.336. The molecule has 0 radical (unpaired) electrons. The zero-order valence-corrected chi connectivity index (χ0v) is 14.3. The summed E-state index contributed by atoms with van der Waals surface area (Å²) in [4.78, 5) is 0. The number of rotatable bonds is 7. The first-order valence-electron chi connectivity index (χ1n) is 8.56. The SMILES string of the molecule is C=CC1=CCC(CCCC(=C)N)C2=C1C(C=C)C(/C=C\C)C=C2. The van der Waals surface area contributed by atoms with Gasteiger partial charge in [0.1, 0.15) is 0 Å². The molecule has 0 spiro atoms. The van der Waals surface area contributed by atoms with Crippen molar-refractivity contribution in [3.8, 4) is 0 Å². The first-order valence-corrected chi connectivity index (χ1v) is 8.56. The van der Waals surface area contributed by atoms with Crippen LogP contribution >= 0.6 is 0 Å². The summed E-state index contributed by atoms with van der Waals surface area (Å²) in [6.45, 7) is 14.0. The molecule has 0 aromatic carbocycles. The van der Waals surface area contributed by atoms with Crippen molar-refractivity contribution in [2.24, 2.45) is 23.5 Å². The first kappa shape index (κ1) is 17.3. The van der Waals surface area contributed by atoms with Gasteiger partial charge < -0.3 is 5.73 Å². The smallest absolute Gasteiger partial charge is 0.0122 e. The Labute approximate surface area is 141 Å². The van der Waals surface area contributed by atoms with Crippen molar-refractivity contribution in [3.63, 3.8) is 0 Å². The molecular formula is C22H29N. The Balaban J connectivity index is 2.30. The highest BCUT2D eigenvalue weighted by Gasteiger charge is 2.31. The molecular weight excluding hydrogens is 278 g/mol. The van der Waals surface area contributed by atoms with Gasteiger partial charge in [-0.25, -0.2) is 0 Å². The topological polar surface area (TPSA) is 26.0 Å². The van der Waals surface area contributed by atoms with Gasteiger partial charge in [0.25, 0.3) is 0 Å². The lowest BCUT2D eigenvalue weighted by atomic mass is 9.69. The number of hydrogen-bond donors (Lipinski definition) is 1. The number of hydrogen-bond acceptors (Lipinski definition) is 1. The third-order valence-corrected chi connectivity index (χ3v) is 4.87. The van der Waals surface area contributed by atoms with E-state index in [1.807, 2.05) is 6.08 Å². The maximum absolute atomic E-state index is 5.71. The Kier molecular flexibility index (Phi) is 6.04. The summed E-state index contributed by atoms with van der Waals surface area (Å²) in [5.74, 6) is 1.29. The van der Waals surface area contributed by atoms with E-state index in [-0.39, 0.29) is 0 Å². The second-order valence-electron chi connectivity index (χ2n) is 6.44. The Morgan fingerprint density at radius 2 is 2.17 bits per heavy atom. The number of allylic oxidation sites excluding steroid dienone is 11. The van der Waals surface area contributed by atoms with E-state index in [4.69, 9.17) is 5.73 Å². The molecule has 2 N–H and O–H groups in total. The lowest BCUT2D eigenvalue weighted by molar-refractivity contribution is 0.513. The third-order valence-electron chi connectivity index (χ3n) is 4.87. The highest BCUT2D eigenvalue weighted by molar-refractivity contribution is 5.54. The average Bonchev–Trinajstić information content (AvgIpc) is 2.54. The summed E-state index contributed by atoms with van der Waals surface area (Å²) in [7, 11) is 0. The molecule has 2 rings (SSSR count). The summed E-state index contributed by atoms with van der Waals surface area (Å²) < 4.78 is 0. The minimum Gasteiger partial charge on any atom is -0.403 e. The van der Waals surface area contributed by atoms with E-state index in [1.165, 1.54) is 16.7 Å². The van der Waals surface area contributed by atoms with E-state index in [1.54, 1.807) is 0 Å². The maximum Gasteiger partial charge on any atom is 0.0122 e. The Hall–Kier alpha value is -2.02. The Morgan fingerprint density at radius 1 is 1.39 bits per heavy atom. The van der Waals surface area contributed by atoms with Gasteiger partial charge in [-0.3, -0.25) is 0 Å². The molecule has 122 valence electrons. The van der Waals surface area contributed by atoms with Gasteiger partial charge in [0.2, 0.25) is 0 Å². The molecule has 0 bridgehead atoms. The van der Waals surface area contributed by atoms with Crippen LogP contribution in [0.3, 0.4) is 0 Å². The molecule has 0 saturated heterocycles. The zero-order chi connectivity index (χ0) is 16.8. The molecule has 0 saturated carbocycles. The molecule has 0 fully saturated rings. The van der Waals surface area contributed by atoms with Crippen LogP contribution in [-0.4, -0.2) is 0 Å². The fourth-order valence-corrected chi connectivity index (χ4v) is 3.75. The van der Waals surface area contributed by atoms with E-state index >= 15 is 0 Å². The lowest BCUT2D eigenvalue weighted by Gasteiger charge is -2.35. The molecule has 0 heterocycles. The second kappa shape index (κ2) is 8.01. The third kappa shape index (κ3) is 3.85. The van der Waals surface area contributed by atoms with Crippen LogP contribution in [0.25, 0.3) is 0 Å². The summed E-state index contributed by atoms with van der Waals surface area (Å²) in [5, 5.41) is 0. The van der Waals surface area contributed by atoms with E-state index in [9.17, 15) is 0 Å². The largest absolute Gasteiger partial charge is 0.403 e. The van der Waals surface area contributed by atoms with Crippen LogP contribution in [0.5, 0.6) is 0 Å². The average molecular weight is 307 g/mol. The number of nitrogens with two attached hydrogens (primary N) is 1. The van der Waals surface area contributed by atoms with Gasteiger partial charge in [-0.1, -0.05) is 55.7 Å².